The first-order chi connectivity index (χ1) is 9.90. The van der Waals surface area contributed by atoms with Crippen molar-refractivity contribution in [2.45, 2.75) is 26.2 Å². The Morgan fingerprint density at radius 3 is 2.52 bits per heavy atom. The minimum absolute atomic E-state index is 0.187. The minimum atomic E-state index is -0.870. The summed E-state index contributed by atoms with van der Waals surface area (Å²) >= 11 is 0. The Balaban J connectivity index is 2.13. The molecule has 1 amide bonds. The van der Waals surface area contributed by atoms with Crippen LogP contribution in [-0.2, 0) is 9.59 Å². The topological polar surface area (TPSA) is 69.6 Å². The molecular formula is C16H22N2O3. The lowest BCUT2D eigenvalue weighted by Crippen LogP contribution is -2.30. The largest absolute Gasteiger partial charge is 0.481 e. The summed E-state index contributed by atoms with van der Waals surface area (Å²) in [5.41, 5.74) is 2.88. The van der Waals surface area contributed by atoms with Gasteiger partial charge in [0.15, 0.2) is 0 Å². The summed E-state index contributed by atoms with van der Waals surface area (Å²) in [5.74, 6) is -2.03. The summed E-state index contributed by atoms with van der Waals surface area (Å²) in [5, 5.41) is 12.0. The maximum atomic E-state index is 12.3. The average Bonchev–Trinajstić information content (AvgIpc) is 2.90. The van der Waals surface area contributed by atoms with Gasteiger partial charge >= 0.3 is 5.97 Å². The molecular weight excluding hydrogens is 268 g/mol. The zero-order chi connectivity index (χ0) is 15.6. The van der Waals surface area contributed by atoms with E-state index in [2.05, 4.69) is 5.32 Å². The molecule has 0 unspecified atom stereocenters. The van der Waals surface area contributed by atoms with Crippen LogP contribution in [0.2, 0.25) is 0 Å². The minimum Gasteiger partial charge on any atom is -0.481 e. The molecule has 0 aliphatic heterocycles. The second kappa shape index (κ2) is 6.16. The molecule has 1 fully saturated rings. The molecule has 1 aromatic carbocycles. The lowest BCUT2D eigenvalue weighted by atomic mass is 9.95. The number of aryl methyl sites for hydroxylation is 1. The lowest BCUT2D eigenvalue weighted by Gasteiger charge is -2.19. The lowest BCUT2D eigenvalue weighted by molar-refractivity contribution is -0.145. The van der Waals surface area contributed by atoms with E-state index in [9.17, 15) is 9.59 Å². The maximum Gasteiger partial charge on any atom is 0.307 e. The predicted molar refractivity (Wildman–Crippen MR) is 82.6 cm³/mol. The molecule has 0 saturated heterocycles. The van der Waals surface area contributed by atoms with E-state index in [1.807, 2.05) is 44.1 Å². The Morgan fingerprint density at radius 2 is 1.90 bits per heavy atom. The quantitative estimate of drug-likeness (QED) is 0.894. The number of amides is 1. The molecule has 1 saturated carbocycles. The molecule has 21 heavy (non-hydrogen) atoms. The Hall–Kier alpha value is -2.04. The molecule has 0 bridgehead atoms. The van der Waals surface area contributed by atoms with Crippen LogP contribution in [0.4, 0.5) is 11.4 Å². The fourth-order valence-electron chi connectivity index (χ4n) is 2.97. The van der Waals surface area contributed by atoms with E-state index >= 15 is 0 Å². The fraction of sp³-hybridized carbons (Fsp3) is 0.500. The summed E-state index contributed by atoms with van der Waals surface area (Å²) < 4.78 is 0. The van der Waals surface area contributed by atoms with Gasteiger partial charge in [-0.2, -0.15) is 0 Å². The van der Waals surface area contributed by atoms with Crippen LogP contribution in [0.3, 0.4) is 0 Å². The van der Waals surface area contributed by atoms with Crippen molar-refractivity contribution in [1.29, 1.82) is 0 Å². The number of nitrogens with zero attached hydrogens (tertiary/aromatic N) is 1. The van der Waals surface area contributed by atoms with Gasteiger partial charge in [-0.3, -0.25) is 9.59 Å². The van der Waals surface area contributed by atoms with Gasteiger partial charge in [-0.05, 0) is 37.5 Å². The van der Waals surface area contributed by atoms with Crippen molar-refractivity contribution in [1.82, 2.24) is 0 Å². The molecule has 1 aromatic rings. The molecule has 0 spiro atoms. The van der Waals surface area contributed by atoms with Crippen LogP contribution < -0.4 is 10.2 Å². The number of aliphatic carboxylic acids is 1. The van der Waals surface area contributed by atoms with E-state index < -0.39 is 17.8 Å². The van der Waals surface area contributed by atoms with Crippen molar-refractivity contribution in [3.05, 3.63) is 23.8 Å². The zero-order valence-electron chi connectivity index (χ0n) is 12.7. The molecule has 2 N–H and O–H groups in total. The van der Waals surface area contributed by atoms with Crippen LogP contribution in [0.25, 0.3) is 0 Å². The van der Waals surface area contributed by atoms with Gasteiger partial charge in [0.05, 0.1) is 11.8 Å². The Labute approximate surface area is 125 Å². The van der Waals surface area contributed by atoms with Crippen LogP contribution in [0, 0.1) is 18.8 Å². The highest BCUT2D eigenvalue weighted by molar-refractivity contribution is 5.95. The van der Waals surface area contributed by atoms with Crippen molar-refractivity contribution < 1.29 is 14.7 Å². The standard InChI is InChI=1S/C16H22N2O3/c1-10-7-8-11(9-14(10)18(2)3)17-15(19)12-5-4-6-13(12)16(20)21/h7-9,12-13H,4-6H2,1-3H3,(H,17,19)(H,20,21)/t12-,13+/m1/s1. The maximum absolute atomic E-state index is 12.3. The number of carboxylic acids is 1. The van der Waals surface area contributed by atoms with Gasteiger partial charge < -0.3 is 15.3 Å². The summed E-state index contributed by atoms with van der Waals surface area (Å²) in [7, 11) is 3.90. The first-order valence-corrected chi connectivity index (χ1v) is 7.22. The highest BCUT2D eigenvalue weighted by Crippen LogP contribution is 2.33. The van der Waals surface area contributed by atoms with Crippen molar-refractivity contribution in [3.63, 3.8) is 0 Å². The number of hydrogen-bond acceptors (Lipinski definition) is 3. The fourth-order valence-corrected chi connectivity index (χ4v) is 2.97. The number of carbonyl (C=O) groups excluding carboxylic acids is 1. The van der Waals surface area contributed by atoms with E-state index in [1.165, 1.54) is 0 Å². The molecule has 5 nitrogen and oxygen atoms in total. The van der Waals surface area contributed by atoms with Crippen molar-refractivity contribution in [2.75, 3.05) is 24.3 Å². The smallest absolute Gasteiger partial charge is 0.307 e. The number of anilines is 2. The monoisotopic (exact) mass is 290 g/mol. The van der Waals surface area contributed by atoms with Crippen molar-refractivity contribution in [2.24, 2.45) is 11.8 Å². The van der Waals surface area contributed by atoms with Crippen LogP contribution in [-0.4, -0.2) is 31.1 Å². The highest BCUT2D eigenvalue weighted by atomic mass is 16.4. The Bertz CT molecular complexity index is 554. The van der Waals surface area contributed by atoms with Crippen LogP contribution in [0.5, 0.6) is 0 Å². The van der Waals surface area contributed by atoms with Gasteiger partial charge in [0.2, 0.25) is 5.91 Å². The molecule has 0 heterocycles. The summed E-state index contributed by atoms with van der Waals surface area (Å²) in [6, 6.07) is 5.72. The first-order valence-electron chi connectivity index (χ1n) is 7.22. The van der Waals surface area contributed by atoms with Crippen LogP contribution >= 0.6 is 0 Å². The Morgan fingerprint density at radius 1 is 1.24 bits per heavy atom. The summed E-state index contributed by atoms with van der Waals surface area (Å²) in [6.45, 7) is 2.01. The highest BCUT2D eigenvalue weighted by Gasteiger charge is 2.37. The number of carbonyl (C=O) groups is 2. The summed E-state index contributed by atoms with van der Waals surface area (Å²) in [4.78, 5) is 25.5. The van der Waals surface area contributed by atoms with E-state index in [0.717, 1.165) is 17.7 Å². The number of nitrogens with one attached hydrogen (secondary N) is 1. The molecule has 2 rings (SSSR count). The van der Waals surface area contributed by atoms with Gasteiger partial charge in [0, 0.05) is 25.5 Å². The third-order valence-electron chi connectivity index (χ3n) is 4.13. The third-order valence-corrected chi connectivity index (χ3v) is 4.13. The van der Waals surface area contributed by atoms with Crippen molar-refractivity contribution >= 4 is 23.3 Å². The second-order valence-corrected chi connectivity index (χ2v) is 5.87. The van der Waals surface area contributed by atoms with E-state index in [-0.39, 0.29) is 5.91 Å². The van der Waals surface area contributed by atoms with Gasteiger partial charge in [0.1, 0.15) is 0 Å². The molecule has 5 heteroatoms. The number of rotatable bonds is 4. The molecule has 0 aromatic heterocycles. The SMILES string of the molecule is Cc1ccc(NC(=O)[C@@H]2CCC[C@@H]2C(=O)O)cc1N(C)C. The molecule has 0 radical (unpaired) electrons. The number of carboxylic acid groups (broad SMARTS) is 1. The number of benzene rings is 1. The molecule has 1 aliphatic carbocycles. The third kappa shape index (κ3) is 3.35. The molecule has 1 aliphatic rings. The summed E-state index contributed by atoms with van der Waals surface area (Å²) in [6.07, 6.45) is 2.03. The van der Waals surface area contributed by atoms with Gasteiger partial charge in [0.25, 0.3) is 0 Å². The van der Waals surface area contributed by atoms with Gasteiger partial charge in [-0.15, -0.1) is 0 Å². The Kier molecular flexibility index (Phi) is 4.50. The predicted octanol–water partition coefficient (Wildman–Crippen LogP) is 2.50. The van der Waals surface area contributed by atoms with E-state index in [1.54, 1.807) is 0 Å². The normalized spacial score (nSPS) is 21.1. The van der Waals surface area contributed by atoms with E-state index in [4.69, 9.17) is 5.11 Å². The average molecular weight is 290 g/mol. The molecule has 2 atom stereocenters. The van der Waals surface area contributed by atoms with Gasteiger partial charge in [-0.1, -0.05) is 12.5 Å². The molecule has 114 valence electrons. The second-order valence-electron chi connectivity index (χ2n) is 5.87. The van der Waals surface area contributed by atoms with Crippen LogP contribution in [0.1, 0.15) is 24.8 Å². The van der Waals surface area contributed by atoms with Gasteiger partial charge in [-0.25, -0.2) is 0 Å². The van der Waals surface area contributed by atoms with Crippen LogP contribution in [0.15, 0.2) is 18.2 Å². The van der Waals surface area contributed by atoms with E-state index in [0.29, 0.717) is 18.5 Å². The zero-order valence-corrected chi connectivity index (χ0v) is 12.7. The first kappa shape index (κ1) is 15.4. The number of hydrogen-bond donors (Lipinski definition) is 2. The van der Waals surface area contributed by atoms with Crippen molar-refractivity contribution in [3.8, 4) is 0 Å².